The second-order valence-corrected chi connectivity index (χ2v) is 23.4. The van der Waals surface area contributed by atoms with Crippen molar-refractivity contribution >= 4 is 28.2 Å². The molecule has 0 amide bonds. The number of aliphatic hydroxyl groups excluding tert-OH is 3. The molecule has 0 aliphatic carbocycles. The van der Waals surface area contributed by atoms with Crippen molar-refractivity contribution in [2.75, 3.05) is 45.9 Å². The van der Waals surface area contributed by atoms with Crippen LogP contribution in [0.4, 0.5) is 5.69 Å². The highest BCUT2D eigenvalue weighted by Crippen LogP contribution is 2.43. The quantitative estimate of drug-likeness (QED) is 0.0860. The maximum absolute atomic E-state index is 14.5. The van der Waals surface area contributed by atoms with Crippen molar-refractivity contribution in [2.24, 2.45) is 23.7 Å². The molecule has 19 atom stereocenters. The minimum atomic E-state index is -2.00. The number of benzene rings is 3. The number of cyclic esters (lactones) is 1. The fourth-order valence-electron chi connectivity index (χ4n) is 12.7. The van der Waals surface area contributed by atoms with Crippen molar-refractivity contribution < 1.29 is 67.9 Å². The highest BCUT2D eigenvalue weighted by atomic mass is 16.7. The first kappa shape index (κ1) is 59.9. The number of hydrogen-bond donors (Lipinski definition) is 4. The number of likely N-dealkylation sites (N-methyl/N-ethyl adjacent to an activating group) is 1. The molecular formula is C60H90N2O14. The van der Waals surface area contributed by atoms with Crippen LogP contribution in [0.3, 0.4) is 0 Å². The first-order valence-electron chi connectivity index (χ1n) is 27.8. The van der Waals surface area contributed by atoms with E-state index in [4.69, 9.17) is 37.9 Å². The maximum atomic E-state index is 14.5. The number of esters is 1. The van der Waals surface area contributed by atoms with E-state index in [1.54, 1.807) is 41.5 Å². The van der Waals surface area contributed by atoms with Gasteiger partial charge >= 0.3 is 5.97 Å². The predicted octanol–water partition coefficient (Wildman–Crippen LogP) is 7.56. The van der Waals surface area contributed by atoms with Crippen LogP contribution in [0.25, 0.3) is 10.8 Å². The number of methoxy groups -OCH3 is 2. The molecule has 16 heteroatoms. The van der Waals surface area contributed by atoms with E-state index in [0.29, 0.717) is 26.0 Å². The Morgan fingerprint density at radius 1 is 0.842 bits per heavy atom. The Morgan fingerprint density at radius 3 is 2.24 bits per heavy atom. The number of carbonyl (C=O) groups is 2. The molecule has 4 aliphatic rings. The van der Waals surface area contributed by atoms with Gasteiger partial charge in [0.1, 0.15) is 35.4 Å². The molecule has 0 aromatic heterocycles. The van der Waals surface area contributed by atoms with E-state index in [0.717, 1.165) is 29.5 Å². The van der Waals surface area contributed by atoms with Crippen molar-refractivity contribution in [1.82, 2.24) is 4.90 Å². The minimum Gasteiger partial charge on any atom is -0.494 e. The van der Waals surface area contributed by atoms with E-state index in [1.807, 2.05) is 33.9 Å². The second-order valence-electron chi connectivity index (χ2n) is 23.4. The first-order valence-corrected chi connectivity index (χ1v) is 27.8. The van der Waals surface area contributed by atoms with E-state index >= 15 is 0 Å². The number of ketones is 1. The van der Waals surface area contributed by atoms with Crippen LogP contribution >= 0.6 is 0 Å². The lowest BCUT2D eigenvalue weighted by atomic mass is 9.74. The maximum Gasteiger partial charge on any atom is 0.311 e. The number of carbonyl (C=O) groups excluding carboxylic acids is 2. The zero-order valence-corrected chi connectivity index (χ0v) is 47.6. The van der Waals surface area contributed by atoms with E-state index in [2.05, 4.69) is 71.3 Å². The summed E-state index contributed by atoms with van der Waals surface area (Å²) in [6, 6.07) is 21.4. The van der Waals surface area contributed by atoms with Crippen LogP contribution in [0.1, 0.15) is 125 Å². The molecule has 0 saturated carbocycles. The highest BCUT2D eigenvalue weighted by Gasteiger charge is 2.54. The standard InChI is InChI=1S/C60H90N2O14/c1-15-48-60(11,68)53(65)36(4)50(63)34(2)32-59(10,70-14)55(37(5)52(38(6)56(67)74-48)75-49-33-58(9,69-13)54(66)40(8)73-49)76-57-51(64)47(29-35(3)72-57)61(12)26-18-28-71-45-24-23-41-21-22-43(30-44(41)31-45)39(7)62-27-25-42-19-16-17-20-46(42)62/h16-17,19-24,30-31,34-40,47-49,51-55,57,64-66,68H,15,18,25-29,32-33H2,1-14H3/t34-,35-,36+,37+,38-,39+,40+,47+,48-,49?,51?,52+,53-,54+,55-,57+,58-,59-,60-/m1/s1. The molecule has 3 saturated heterocycles. The van der Waals surface area contributed by atoms with E-state index in [-0.39, 0.29) is 37.2 Å². The lowest BCUT2D eigenvalue weighted by Crippen LogP contribution is -2.61. The Balaban J connectivity index is 1.10. The van der Waals surface area contributed by atoms with Crippen LogP contribution in [0.15, 0.2) is 60.7 Å². The average Bonchev–Trinajstić information content (AvgIpc) is 3.84. The highest BCUT2D eigenvalue weighted by molar-refractivity contribution is 5.85. The van der Waals surface area contributed by atoms with Gasteiger partial charge in [0.2, 0.25) is 0 Å². The number of nitrogens with zero attached hydrogens (tertiary/aromatic N) is 2. The van der Waals surface area contributed by atoms with Crippen LogP contribution in [-0.4, -0.2) is 162 Å². The third kappa shape index (κ3) is 12.6. The molecule has 3 fully saturated rings. The normalized spacial score (nSPS) is 38.4. The average molecular weight is 1060 g/mol. The van der Waals surface area contributed by atoms with Crippen LogP contribution < -0.4 is 9.64 Å². The van der Waals surface area contributed by atoms with Gasteiger partial charge < -0.3 is 68.1 Å². The molecule has 7 rings (SSSR count). The number of aliphatic hydroxyl groups is 4. The summed E-state index contributed by atoms with van der Waals surface area (Å²) < 4.78 is 51.4. The first-order chi connectivity index (χ1) is 35.9. The molecule has 76 heavy (non-hydrogen) atoms. The number of Topliss-reactive ketones (excluding diaryl/α,β-unsaturated/α-hetero) is 1. The van der Waals surface area contributed by atoms with Crippen LogP contribution in [-0.2, 0) is 49.2 Å². The summed E-state index contributed by atoms with van der Waals surface area (Å²) in [4.78, 5) is 33.4. The largest absolute Gasteiger partial charge is 0.494 e. The summed E-state index contributed by atoms with van der Waals surface area (Å²) in [5.41, 5.74) is -0.422. The molecule has 3 aromatic rings. The van der Waals surface area contributed by atoms with Crippen molar-refractivity contribution in [3.63, 3.8) is 0 Å². The van der Waals surface area contributed by atoms with Crippen LogP contribution in [0.5, 0.6) is 5.75 Å². The zero-order valence-electron chi connectivity index (χ0n) is 47.6. The van der Waals surface area contributed by atoms with Gasteiger partial charge in [-0.05, 0) is 134 Å². The molecule has 3 aromatic carbocycles. The smallest absolute Gasteiger partial charge is 0.311 e. The number of anilines is 1. The Morgan fingerprint density at radius 2 is 1.54 bits per heavy atom. The molecule has 2 unspecified atom stereocenters. The number of ether oxygens (including phenoxy) is 8. The molecule has 16 nitrogen and oxygen atoms in total. The lowest BCUT2D eigenvalue weighted by Gasteiger charge is -2.50. The van der Waals surface area contributed by atoms with Gasteiger partial charge in [-0.1, -0.05) is 64.1 Å². The number of hydrogen-bond acceptors (Lipinski definition) is 16. The summed E-state index contributed by atoms with van der Waals surface area (Å²) in [6.45, 7) is 21.5. The summed E-state index contributed by atoms with van der Waals surface area (Å²) in [5.74, 6) is -3.87. The van der Waals surface area contributed by atoms with Crippen molar-refractivity contribution in [3.05, 3.63) is 71.8 Å². The molecule has 4 heterocycles. The zero-order chi connectivity index (χ0) is 55.6. The molecular weight excluding hydrogens is 973 g/mol. The van der Waals surface area contributed by atoms with Crippen LogP contribution in [0, 0.1) is 23.7 Å². The summed E-state index contributed by atoms with van der Waals surface area (Å²) >= 11 is 0. The van der Waals surface area contributed by atoms with Gasteiger partial charge in [0, 0.05) is 63.2 Å². The molecule has 4 aliphatic heterocycles. The van der Waals surface area contributed by atoms with Gasteiger partial charge in [-0.15, -0.1) is 0 Å². The Labute approximate surface area is 451 Å². The van der Waals surface area contributed by atoms with E-state index in [1.165, 1.54) is 38.0 Å². The fourth-order valence-corrected chi connectivity index (χ4v) is 12.7. The van der Waals surface area contributed by atoms with Gasteiger partial charge in [-0.2, -0.15) is 0 Å². The van der Waals surface area contributed by atoms with Crippen molar-refractivity contribution in [1.29, 1.82) is 0 Å². The summed E-state index contributed by atoms with van der Waals surface area (Å²) in [7, 11) is 5.00. The monoisotopic (exact) mass is 1060 g/mol. The Kier molecular flexibility index (Phi) is 19.5. The lowest BCUT2D eigenvalue weighted by molar-refractivity contribution is -0.319. The van der Waals surface area contributed by atoms with Gasteiger partial charge in [-0.3, -0.25) is 9.59 Å². The molecule has 424 valence electrons. The van der Waals surface area contributed by atoms with Crippen molar-refractivity contribution in [2.45, 2.75) is 205 Å². The number of rotatable bonds is 15. The Hall–Kier alpha value is -3.78. The van der Waals surface area contributed by atoms with Crippen LogP contribution in [0.2, 0.25) is 0 Å². The van der Waals surface area contributed by atoms with Gasteiger partial charge in [0.25, 0.3) is 0 Å². The third-order valence-corrected chi connectivity index (χ3v) is 17.8. The minimum absolute atomic E-state index is 0.0804. The van der Waals surface area contributed by atoms with E-state index in [9.17, 15) is 30.0 Å². The molecule has 0 spiro atoms. The fraction of sp³-hybridized carbons (Fsp3) is 0.700. The number of para-hydroxylation sites is 1. The predicted molar refractivity (Wildman–Crippen MR) is 290 cm³/mol. The Bertz CT molecular complexity index is 2420. The molecule has 0 radical (unpaired) electrons. The van der Waals surface area contributed by atoms with Gasteiger partial charge in [-0.25, -0.2) is 0 Å². The second kappa shape index (κ2) is 24.7. The third-order valence-electron chi connectivity index (χ3n) is 17.8. The van der Waals surface area contributed by atoms with Gasteiger partial charge in [0.15, 0.2) is 12.6 Å². The SMILES string of the molecule is CC[C@H]1OC(=O)[C@H](C)[C@@H](OC2C[C@@](C)(OC)[C@@H](O)[C@H](C)O2)[C@H](C)[C@@H](O[C@@H]2O[C@H](C)C[C@H](N(C)CCCOc3ccc4ccc([C@H](C)N5CCc6ccccc65)cc4c3)C2O)[C@](C)(OC)C[C@@H](C)C(=O)[C@H](C)[C@@H](O)[C@]1(C)O. The molecule has 0 bridgehead atoms. The topological polar surface area (TPSA) is 195 Å². The number of fused-ring (bicyclic) bond motifs is 2. The van der Waals surface area contributed by atoms with Gasteiger partial charge in [0.05, 0.1) is 60.3 Å². The summed E-state index contributed by atoms with van der Waals surface area (Å²) in [6.07, 6.45) is -7.65. The van der Waals surface area contributed by atoms with Crippen molar-refractivity contribution in [3.8, 4) is 5.75 Å². The summed E-state index contributed by atoms with van der Waals surface area (Å²) in [5, 5.41) is 49.2. The van der Waals surface area contributed by atoms with E-state index < -0.39 is 108 Å². The molecule has 4 N–H and O–H groups in total.